The zero-order valence-corrected chi connectivity index (χ0v) is 7.41. The number of alkyl halides is 3. The highest BCUT2D eigenvalue weighted by atomic mass is 19.4. The van der Waals surface area contributed by atoms with E-state index in [-0.39, 0.29) is 5.56 Å². The van der Waals surface area contributed by atoms with Gasteiger partial charge in [0.1, 0.15) is 5.56 Å². The Hall–Kier alpha value is -1.85. The molecule has 0 radical (unpaired) electrons. The number of halogens is 3. The van der Waals surface area contributed by atoms with Crippen molar-refractivity contribution < 1.29 is 18.1 Å². The Morgan fingerprint density at radius 1 is 1.40 bits per heavy atom. The van der Waals surface area contributed by atoms with Crippen molar-refractivity contribution in [2.24, 2.45) is 0 Å². The summed E-state index contributed by atoms with van der Waals surface area (Å²) in [4.78, 5) is 9.35. The van der Waals surface area contributed by atoms with Crippen molar-refractivity contribution in [1.82, 2.24) is 0 Å². The molecule has 0 bridgehead atoms. The third-order valence-corrected chi connectivity index (χ3v) is 1.77. The van der Waals surface area contributed by atoms with E-state index >= 15 is 0 Å². The number of benzene rings is 1. The van der Waals surface area contributed by atoms with Crippen molar-refractivity contribution >= 4 is 11.8 Å². The minimum absolute atomic E-state index is 0.295. The molecule has 0 amide bonds. The Labute approximate surface area is 83.0 Å². The monoisotopic (exact) mass is 217 g/mol. The standard InChI is InChI=1S/C9H6F3NO2/c1-2-6-4-3-5-7(13(14)15)8(6)9(10,11)12/h2-5H,1H2. The van der Waals surface area contributed by atoms with Crippen LogP contribution >= 0.6 is 0 Å². The van der Waals surface area contributed by atoms with Gasteiger partial charge in [-0.05, 0) is 5.56 Å². The van der Waals surface area contributed by atoms with Crippen molar-refractivity contribution in [1.29, 1.82) is 0 Å². The lowest BCUT2D eigenvalue weighted by Crippen LogP contribution is -2.10. The summed E-state index contributed by atoms with van der Waals surface area (Å²) in [6.07, 6.45) is -3.82. The molecule has 0 spiro atoms. The fraction of sp³-hybridized carbons (Fsp3) is 0.111. The fourth-order valence-electron chi connectivity index (χ4n) is 1.19. The van der Waals surface area contributed by atoms with E-state index in [1.807, 2.05) is 0 Å². The molecule has 0 saturated heterocycles. The first kappa shape index (κ1) is 11.2. The first-order chi connectivity index (χ1) is 6.88. The Morgan fingerprint density at radius 3 is 2.40 bits per heavy atom. The topological polar surface area (TPSA) is 43.1 Å². The van der Waals surface area contributed by atoms with Crippen LogP contribution in [-0.2, 0) is 6.18 Å². The summed E-state index contributed by atoms with van der Waals surface area (Å²) in [5, 5.41) is 10.4. The lowest BCUT2D eigenvalue weighted by Gasteiger charge is -2.09. The molecular weight excluding hydrogens is 211 g/mol. The van der Waals surface area contributed by atoms with Gasteiger partial charge in [0, 0.05) is 6.07 Å². The highest BCUT2D eigenvalue weighted by molar-refractivity contribution is 5.60. The third kappa shape index (κ3) is 2.15. The predicted octanol–water partition coefficient (Wildman–Crippen LogP) is 3.26. The molecule has 80 valence electrons. The molecule has 0 unspecified atom stereocenters. The largest absolute Gasteiger partial charge is 0.423 e. The van der Waals surface area contributed by atoms with Crippen LogP contribution in [0.4, 0.5) is 18.9 Å². The van der Waals surface area contributed by atoms with Crippen LogP contribution in [0.15, 0.2) is 24.8 Å². The molecule has 0 aliphatic carbocycles. The molecule has 1 rings (SSSR count). The Balaban J connectivity index is 3.54. The van der Waals surface area contributed by atoms with Crippen LogP contribution < -0.4 is 0 Å². The second kappa shape index (κ2) is 3.72. The van der Waals surface area contributed by atoms with Gasteiger partial charge in [-0.3, -0.25) is 10.1 Å². The summed E-state index contributed by atoms with van der Waals surface area (Å²) < 4.78 is 37.5. The van der Waals surface area contributed by atoms with E-state index in [0.717, 1.165) is 18.2 Å². The van der Waals surface area contributed by atoms with E-state index in [9.17, 15) is 23.3 Å². The maximum absolute atomic E-state index is 12.5. The van der Waals surface area contributed by atoms with Gasteiger partial charge in [0.25, 0.3) is 5.69 Å². The van der Waals surface area contributed by atoms with Crippen LogP contribution in [0.3, 0.4) is 0 Å². The fourth-order valence-corrected chi connectivity index (χ4v) is 1.19. The molecule has 1 aromatic rings. The van der Waals surface area contributed by atoms with Crippen LogP contribution in [0.25, 0.3) is 6.08 Å². The van der Waals surface area contributed by atoms with Gasteiger partial charge >= 0.3 is 6.18 Å². The van der Waals surface area contributed by atoms with Gasteiger partial charge < -0.3 is 0 Å². The van der Waals surface area contributed by atoms with Gasteiger partial charge in [0.15, 0.2) is 0 Å². The normalized spacial score (nSPS) is 11.1. The van der Waals surface area contributed by atoms with Crippen molar-refractivity contribution in [3.05, 3.63) is 46.0 Å². The third-order valence-electron chi connectivity index (χ3n) is 1.77. The zero-order valence-electron chi connectivity index (χ0n) is 7.41. The van der Waals surface area contributed by atoms with Crippen LogP contribution in [0, 0.1) is 10.1 Å². The van der Waals surface area contributed by atoms with Gasteiger partial charge in [-0.15, -0.1) is 0 Å². The van der Waals surface area contributed by atoms with E-state index in [4.69, 9.17) is 0 Å². The van der Waals surface area contributed by atoms with Crippen molar-refractivity contribution in [3.8, 4) is 0 Å². The Bertz CT molecular complexity index is 412. The predicted molar refractivity (Wildman–Crippen MR) is 48.2 cm³/mol. The maximum Gasteiger partial charge on any atom is 0.423 e. The molecule has 6 heteroatoms. The zero-order chi connectivity index (χ0) is 11.6. The summed E-state index contributed by atoms with van der Waals surface area (Å²) in [6, 6.07) is 3.13. The molecule has 0 aromatic heterocycles. The van der Waals surface area contributed by atoms with Crippen LogP contribution in [0.2, 0.25) is 0 Å². The van der Waals surface area contributed by atoms with Crippen molar-refractivity contribution in [2.75, 3.05) is 0 Å². The van der Waals surface area contributed by atoms with E-state index in [2.05, 4.69) is 6.58 Å². The van der Waals surface area contributed by atoms with Gasteiger partial charge in [-0.25, -0.2) is 0 Å². The molecule has 1 aromatic carbocycles. The molecule has 0 atom stereocenters. The Kier molecular flexibility index (Phi) is 2.78. The lowest BCUT2D eigenvalue weighted by molar-refractivity contribution is -0.388. The minimum Gasteiger partial charge on any atom is -0.258 e. The average Bonchev–Trinajstić information content (AvgIpc) is 2.15. The molecule has 0 aliphatic heterocycles. The SMILES string of the molecule is C=Cc1cccc([N+](=O)[O-])c1C(F)(F)F. The molecule has 0 fully saturated rings. The maximum atomic E-state index is 12.5. The van der Waals surface area contributed by atoms with Crippen LogP contribution in [0.5, 0.6) is 0 Å². The quantitative estimate of drug-likeness (QED) is 0.563. The number of nitro benzene ring substituents is 1. The minimum atomic E-state index is -4.76. The molecule has 0 aliphatic rings. The molecule has 0 N–H and O–H groups in total. The summed E-state index contributed by atoms with van der Waals surface area (Å²) >= 11 is 0. The number of rotatable bonds is 2. The molecule has 0 heterocycles. The van der Waals surface area contributed by atoms with Crippen molar-refractivity contribution in [3.63, 3.8) is 0 Å². The average molecular weight is 217 g/mol. The first-order valence-corrected chi connectivity index (χ1v) is 3.85. The van der Waals surface area contributed by atoms with Gasteiger partial charge in [0.05, 0.1) is 4.92 Å². The molecule has 0 saturated carbocycles. The van der Waals surface area contributed by atoms with E-state index < -0.39 is 22.4 Å². The summed E-state index contributed by atoms with van der Waals surface area (Å²) in [7, 11) is 0. The van der Waals surface area contributed by atoms with Gasteiger partial charge in [-0.1, -0.05) is 24.8 Å². The smallest absolute Gasteiger partial charge is 0.258 e. The van der Waals surface area contributed by atoms with Gasteiger partial charge in [0.2, 0.25) is 0 Å². The Morgan fingerprint density at radius 2 is 2.00 bits per heavy atom. The molecule has 3 nitrogen and oxygen atoms in total. The van der Waals surface area contributed by atoms with E-state index in [1.165, 1.54) is 6.07 Å². The van der Waals surface area contributed by atoms with Crippen LogP contribution in [-0.4, -0.2) is 4.92 Å². The molecular formula is C9H6F3NO2. The number of nitro groups is 1. The number of hydrogen-bond acceptors (Lipinski definition) is 2. The van der Waals surface area contributed by atoms with E-state index in [0.29, 0.717) is 0 Å². The summed E-state index contributed by atoms with van der Waals surface area (Å²) in [5.41, 5.74) is -2.51. The summed E-state index contributed by atoms with van der Waals surface area (Å²) in [6.45, 7) is 3.18. The lowest BCUT2D eigenvalue weighted by atomic mass is 10.1. The van der Waals surface area contributed by atoms with Crippen LogP contribution in [0.1, 0.15) is 11.1 Å². The van der Waals surface area contributed by atoms with Crippen molar-refractivity contribution in [2.45, 2.75) is 6.18 Å². The summed E-state index contributed by atoms with van der Waals surface area (Å²) in [5.74, 6) is 0. The highest BCUT2D eigenvalue weighted by Crippen LogP contribution is 2.38. The second-order valence-corrected chi connectivity index (χ2v) is 2.70. The number of hydrogen-bond donors (Lipinski definition) is 0. The first-order valence-electron chi connectivity index (χ1n) is 3.85. The molecule has 15 heavy (non-hydrogen) atoms. The number of nitrogens with zero attached hydrogens (tertiary/aromatic N) is 1. The van der Waals surface area contributed by atoms with E-state index in [1.54, 1.807) is 0 Å². The van der Waals surface area contributed by atoms with Gasteiger partial charge in [-0.2, -0.15) is 13.2 Å². The second-order valence-electron chi connectivity index (χ2n) is 2.70. The highest BCUT2D eigenvalue weighted by Gasteiger charge is 2.39.